The van der Waals surface area contributed by atoms with Crippen molar-refractivity contribution >= 4 is 17.4 Å². The Labute approximate surface area is 129 Å². The monoisotopic (exact) mass is 303 g/mol. The maximum Gasteiger partial charge on any atom is 0.163 e. The molecule has 110 valence electrons. The van der Waals surface area contributed by atoms with Crippen LogP contribution in [-0.2, 0) is 4.74 Å². The van der Waals surface area contributed by atoms with Crippen molar-refractivity contribution < 1.29 is 4.74 Å². The maximum atomic E-state index is 6.15. The summed E-state index contributed by atoms with van der Waals surface area (Å²) in [6.45, 7) is 1.68. The number of aromatic nitrogens is 2. The molecule has 0 bridgehead atoms. The van der Waals surface area contributed by atoms with Crippen LogP contribution in [0.1, 0.15) is 12.8 Å². The van der Waals surface area contributed by atoms with Gasteiger partial charge >= 0.3 is 0 Å². The number of nitrogens with zero attached hydrogens (tertiary/aromatic N) is 3. The van der Waals surface area contributed by atoms with Gasteiger partial charge < -0.3 is 9.64 Å². The second kappa shape index (κ2) is 6.41. The van der Waals surface area contributed by atoms with Gasteiger partial charge in [0, 0.05) is 31.8 Å². The Kier molecular flexibility index (Phi) is 4.36. The molecule has 1 aromatic carbocycles. The van der Waals surface area contributed by atoms with Crippen molar-refractivity contribution in [2.75, 3.05) is 25.1 Å². The predicted molar refractivity (Wildman–Crippen MR) is 84.7 cm³/mol. The Balaban J connectivity index is 1.83. The van der Waals surface area contributed by atoms with Gasteiger partial charge in [-0.1, -0.05) is 41.9 Å². The molecule has 4 nitrogen and oxygen atoms in total. The number of ether oxygens (including phenoxy) is 1. The third-order valence-corrected chi connectivity index (χ3v) is 3.80. The first-order chi connectivity index (χ1) is 10.2. The standard InChI is InChI=1S/C16H18ClN3O/c1-20(11-13-8-5-9-21-13)15-10-14(17)18-16(19-15)12-6-3-2-4-7-12/h2-4,6-7,10,13H,5,8-9,11H2,1H3. The zero-order valence-corrected chi connectivity index (χ0v) is 12.8. The van der Waals surface area contributed by atoms with E-state index in [-0.39, 0.29) is 6.10 Å². The van der Waals surface area contributed by atoms with Crippen molar-refractivity contribution in [3.63, 3.8) is 0 Å². The molecular weight excluding hydrogens is 286 g/mol. The normalized spacial score (nSPS) is 17.9. The van der Waals surface area contributed by atoms with Crippen LogP contribution in [0, 0.1) is 0 Å². The molecule has 3 rings (SSSR count). The number of hydrogen-bond acceptors (Lipinski definition) is 4. The van der Waals surface area contributed by atoms with E-state index in [1.54, 1.807) is 6.07 Å². The SMILES string of the molecule is CN(CC1CCCO1)c1cc(Cl)nc(-c2ccccc2)n1. The summed E-state index contributed by atoms with van der Waals surface area (Å²) >= 11 is 6.15. The average molecular weight is 304 g/mol. The molecule has 0 radical (unpaired) electrons. The largest absolute Gasteiger partial charge is 0.376 e. The molecule has 0 spiro atoms. The van der Waals surface area contributed by atoms with Gasteiger partial charge in [-0.25, -0.2) is 9.97 Å². The minimum atomic E-state index is 0.281. The highest BCUT2D eigenvalue weighted by Gasteiger charge is 2.19. The van der Waals surface area contributed by atoms with E-state index >= 15 is 0 Å². The van der Waals surface area contributed by atoms with E-state index in [0.717, 1.165) is 37.4 Å². The third kappa shape index (κ3) is 3.52. The smallest absolute Gasteiger partial charge is 0.163 e. The van der Waals surface area contributed by atoms with Crippen molar-refractivity contribution in [3.05, 3.63) is 41.6 Å². The summed E-state index contributed by atoms with van der Waals surface area (Å²) in [5.41, 5.74) is 0.965. The summed E-state index contributed by atoms with van der Waals surface area (Å²) in [6.07, 6.45) is 2.52. The minimum absolute atomic E-state index is 0.281. The summed E-state index contributed by atoms with van der Waals surface area (Å²) in [5.74, 6) is 1.47. The molecule has 1 saturated heterocycles. The van der Waals surface area contributed by atoms with Crippen molar-refractivity contribution in [1.29, 1.82) is 0 Å². The van der Waals surface area contributed by atoms with Crippen molar-refractivity contribution in [2.24, 2.45) is 0 Å². The van der Waals surface area contributed by atoms with Gasteiger partial charge in [0.1, 0.15) is 11.0 Å². The van der Waals surface area contributed by atoms with Crippen LogP contribution in [0.25, 0.3) is 11.4 Å². The molecule has 5 heteroatoms. The number of hydrogen-bond donors (Lipinski definition) is 0. The molecule has 21 heavy (non-hydrogen) atoms. The van der Waals surface area contributed by atoms with Gasteiger partial charge in [0.05, 0.1) is 6.10 Å². The number of likely N-dealkylation sites (N-methyl/N-ethyl adjacent to an activating group) is 1. The van der Waals surface area contributed by atoms with Crippen LogP contribution in [0.4, 0.5) is 5.82 Å². The number of benzene rings is 1. The molecule has 2 aromatic rings. The Hall–Kier alpha value is -1.65. The Morgan fingerprint density at radius 3 is 2.81 bits per heavy atom. The molecule has 1 fully saturated rings. The third-order valence-electron chi connectivity index (χ3n) is 3.61. The molecule has 0 amide bonds. The number of anilines is 1. The van der Waals surface area contributed by atoms with Crippen LogP contribution >= 0.6 is 11.6 Å². The lowest BCUT2D eigenvalue weighted by molar-refractivity contribution is 0.116. The van der Waals surface area contributed by atoms with Crippen molar-refractivity contribution in [2.45, 2.75) is 18.9 Å². The number of halogens is 1. The van der Waals surface area contributed by atoms with E-state index in [0.29, 0.717) is 11.0 Å². The highest BCUT2D eigenvalue weighted by atomic mass is 35.5. The van der Waals surface area contributed by atoms with Gasteiger partial charge in [-0.05, 0) is 12.8 Å². The Bertz CT molecular complexity index is 600. The lowest BCUT2D eigenvalue weighted by Crippen LogP contribution is -2.29. The molecule has 0 saturated carbocycles. The average Bonchev–Trinajstić information content (AvgIpc) is 3.00. The predicted octanol–water partition coefficient (Wildman–Crippen LogP) is 3.41. The minimum Gasteiger partial charge on any atom is -0.376 e. The van der Waals surface area contributed by atoms with Gasteiger partial charge in [0.15, 0.2) is 5.82 Å². The molecule has 0 N–H and O–H groups in total. The molecule has 2 heterocycles. The van der Waals surface area contributed by atoms with Crippen molar-refractivity contribution in [3.8, 4) is 11.4 Å². The van der Waals surface area contributed by atoms with E-state index in [1.165, 1.54) is 0 Å². The first-order valence-corrected chi connectivity index (χ1v) is 7.53. The van der Waals surface area contributed by atoms with Crippen LogP contribution < -0.4 is 4.90 Å². The van der Waals surface area contributed by atoms with Gasteiger partial charge in [-0.2, -0.15) is 0 Å². The van der Waals surface area contributed by atoms with Crippen LogP contribution in [0.3, 0.4) is 0 Å². The van der Waals surface area contributed by atoms with E-state index in [1.807, 2.05) is 37.4 Å². The second-order valence-electron chi connectivity index (χ2n) is 5.25. The highest BCUT2D eigenvalue weighted by molar-refractivity contribution is 6.29. The van der Waals surface area contributed by atoms with Gasteiger partial charge in [-0.15, -0.1) is 0 Å². The summed E-state index contributed by atoms with van der Waals surface area (Å²) in [5, 5.41) is 0.457. The first-order valence-electron chi connectivity index (χ1n) is 7.15. The molecule has 0 aliphatic carbocycles. The zero-order valence-electron chi connectivity index (χ0n) is 12.0. The molecule has 1 aliphatic heterocycles. The fourth-order valence-electron chi connectivity index (χ4n) is 2.50. The van der Waals surface area contributed by atoms with Gasteiger partial charge in [0.2, 0.25) is 0 Å². The molecule has 1 atom stereocenters. The molecule has 1 unspecified atom stereocenters. The van der Waals surface area contributed by atoms with E-state index in [2.05, 4.69) is 14.9 Å². The number of rotatable bonds is 4. The van der Waals surface area contributed by atoms with Crippen LogP contribution in [0.2, 0.25) is 5.15 Å². The summed E-state index contributed by atoms with van der Waals surface area (Å²) in [7, 11) is 2.01. The first kappa shape index (κ1) is 14.3. The van der Waals surface area contributed by atoms with Crippen molar-refractivity contribution in [1.82, 2.24) is 9.97 Å². The summed E-state index contributed by atoms with van der Waals surface area (Å²) in [6, 6.07) is 11.7. The van der Waals surface area contributed by atoms with Crippen LogP contribution in [0.15, 0.2) is 36.4 Å². The lowest BCUT2D eigenvalue weighted by Gasteiger charge is -2.22. The molecular formula is C16H18ClN3O. The molecule has 1 aliphatic rings. The lowest BCUT2D eigenvalue weighted by atomic mass is 10.2. The quantitative estimate of drug-likeness (QED) is 0.811. The van der Waals surface area contributed by atoms with Gasteiger partial charge in [0.25, 0.3) is 0 Å². The van der Waals surface area contributed by atoms with Crippen LogP contribution in [-0.4, -0.2) is 36.3 Å². The molecule has 1 aromatic heterocycles. The second-order valence-corrected chi connectivity index (χ2v) is 5.64. The van der Waals surface area contributed by atoms with Gasteiger partial charge in [-0.3, -0.25) is 0 Å². The Morgan fingerprint density at radius 1 is 1.29 bits per heavy atom. The highest BCUT2D eigenvalue weighted by Crippen LogP contribution is 2.23. The summed E-state index contributed by atoms with van der Waals surface area (Å²) in [4.78, 5) is 11.0. The van der Waals surface area contributed by atoms with E-state index < -0.39 is 0 Å². The fourth-order valence-corrected chi connectivity index (χ4v) is 2.68. The maximum absolute atomic E-state index is 6.15. The topological polar surface area (TPSA) is 38.2 Å². The zero-order chi connectivity index (χ0) is 14.7. The summed E-state index contributed by atoms with van der Waals surface area (Å²) < 4.78 is 5.67. The van der Waals surface area contributed by atoms with Crippen LogP contribution in [0.5, 0.6) is 0 Å². The Morgan fingerprint density at radius 2 is 2.10 bits per heavy atom. The van der Waals surface area contributed by atoms with E-state index in [4.69, 9.17) is 16.3 Å². The fraction of sp³-hybridized carbons (Fsp3) is 0.375. The van der Waals surface area contributed by atoms with E-state index in [9.17, 15) is 0 Å².